The number of halogens is 2. The van der Waals surface area contributed by atoms with Crippen molar-refractivity contribution < 1.29 is 13.6 Å². The summed E-state index contributed by atoms with van der Waals surface area (Å²) >= 11 is 0.463. The van der Waals surface area contributed by atoms with Crippen molar-refractivity contribution in [2.75, 3.05) is 7.05 Å². The first kappa shape index (κ1) is 15.5. The minimum atomic E-state index is -2.46. The van der Waals surface area contributed by atoms with Crippen LogP contribution in [0.3, 0.4) is 0 Å². The normalized spacial score (nSPS) is 10.9. The van der Waals surface area contributed by atoms with Gasteiger partial charge < -0.3 is 4.90 Å². The minimum absolute atomic E-state index is 0.160. The third-order valence-electron chi connectivity index (χ3n) is 2.85. The van der Waals surface area contributed by atoms with Crippen molar-refractivity contribution in [3.8, 4) is 0 Å². The molecule has 0 N–H and O–H groups in total. The molecule has 1 heterocycles. The molecule has 0 aliphatic heterocycles. The van der Waals surface area contributed by atoms with Crippen LogP contribution in [-0.2, 0) is 13.6 Å². The number of rotatable bonds is 5. The van der Waals surface area contributed by atoms with E-state index >= 15 is 0 Å². The molecule has 0 saturated carbocycles. The average Bonchev–Trinajstić information content (AvgIpc) is 2.83. The highest BCUT2D eigenvalue weighted by Crippen LogP contribution is 2.25. The lowest BCUT2D eigenvalue weighted by molar-refractivity contribution is 0.0785. The molecule has 2 aromatic rings. The van der Waals surface area contributed by atoms with Gasteiger partial charge in [-0.1, -0.05) is 11.8 Å². The molecule has 0 unspecified atom stereocenters. The Morgan fingerprint density at radius 2 is 2.05 bits per heavy atom. The number of thioether (sulfide) groups is 1. The lowest BCUT2D eigenvalue weighted by Crippen LogP contribution is -2.25. The summed E-state index contributed by atoms with van der Waals surface area (Å²) in [6, 6.07) is 6.18. The van der Waals surface area contributed by atoms with Gasteiger partial charge in [-0.25, -0.2) is 0 Å². The molecule has 0 aliphatic rings. The van der Waals surface area contributed by atoms with Crippen molar-refractivity contribution >= 4 is 17.7 Å². The predicted octanol–water partition coefficient (Wildman–Crippen LogP) is 3.01. The highest BCUT2D eigenvalue weighted by Gasteiger charge is 2.13. The van der Waals surface area contributed by atoms with E-state index in [9.17, 15) is 13.6 Å². The van der Waals surface area contributed by atoms with Gasteiger partial charge in [0.2, 0.25) is 0 Å². The number of carbonyl (C=O) groups excluding carboxylic acids is 1. The van der Waals surface area contributed by atoms with E-state index in [1.54, 1.807) is 35.0 Å². The van der Waals surface area contributed by atoms with Crippen LogP contribution in [-0.4, -0.2) is 33.4 Å². The van der Waals surface area contributed by atoms with Crippen LogP contribution in [0.15, 0.2) is 41.6 Å². The highest BCUT2D eigenvalue weighted by molar-refractivity contribution is 7.99. The number of alkyl halides is 2. The maximum atomic E-state index is 12.2. The third-order valence-corrected chi connectivity index (χ3v) is 3.57. The van der Waals surface area contributed by atoms with Crippen LogP contribution in [0.2, 0.25) is 0 Å². The summed E-state index contributed by atoms with van der Waals surface area (Å²) in [5, 5.41) is 4.05. The van der Waals surface area contributed by atoms with Crippen LogP contribution in [0.4, 0.5) is 8.78 Å². The summed E-state index contributed by atoms with van der Waals surface area (Å²) in [7, 11) is 3.50. The van der Waals surface area contributed by atoms with Crippen LogP contribution < -0.4 is 0 Å². The van der Waals surface area contributed by atoms with Gasteiger partial charge in [0.15, 0.2) is 0 Å². The molecule has 1 amide bonds. The molecule has 0 aliphatic carbocycles. The van der Waals surface area contributed by atoms with Crippen LogP contribution in [0.5, 0.6) is 0 Å². The van der Waals surface area contributed by atoms with Gasteiger partial charge in [0.25, 0.3) is 11.7 Å². The van der Waals surface area contributed by atoms with Gasteiger partial charge in [-0.05, 0) is 24.3 Å². The molecule has 21 heavy (non-hydrogen) atoms. The standard InChI is InChI=1S/C14H15F2N3OS/c1-18(8-10-7-17-19(2)9-10)13(20)11-3-5-12(6-4-11)21-14(15)16/h3-7,9,14H,8H2,1-2H3. The second-order valence-corrected chi connectivity index (χ2v) is 5.65. The molecule has 0 radical (unpaired) electrons. The molecular formula is C14H15F2N3OS. The molecule has 0 saturated heterocycles. The van der Waals surface area contributed by atoms with E-state index in [4.69, 9.17) is 0 Å². The van der Waals surface area contributed by atoms with Gasteiger partial charge in [0.1, 0.15) is 0 Å². The monoisotopic (exact) mass is 311 g/mol. The molecule has 0 atom stereocenters. The number of hydrogen-bond acceptors (Lipinski definition) is 3. The summed E-state index contributed by atoms with van der Waals surface area (Å²) < 4.78 is 26.1. The fourth-order valence-corrected chi connectivity index (χ4v) is 2.40. The number of amides is 1. The van der Waals surface area contributed by atoms with Crippen LogP contribution in [0.25, 0.3) is 0 Å². The van der Waals surface area contributed by atoms with Crippen molar-refractivity contribution in [1.29, 1.82) is 0 Å². The Kier molecular flexibility index (Phi) is 4.95. The second-order valence-electron chi connectivity index (χ2n) is 4.59. The molecule has 7 heteroatoms. The molecule has 1 aromatic carbocycles. The first-order valence-electron chi connectivity index (χ1n) is 6.23. The molecule has 0 spiro atoms. The number of aromatic nitrogens is 2. The largest absolute Gasteiger partial charge is 0.337 e. The lowest BCUT2D eigenvalue weighted by atomic mass is 10.2. The van der Waals surface area contributed by atoms with Crippen molar-refractivity contribution in [3.05, 3.63) is 47.8 Å². The summed E-state index contributed by atoms with van der Waals surface area (Å²) in [6.07, 6.45) is 3.54. The third kappa shape index (κ3) is 4.29. The van der Waals surface area contributed by atoms with E-state index in [0.717, 1.165) is 5.56 Å². The fourth-order valence-electron chi connectivity index (χ4n) is 1.90. The molecule has 4 nitrogen and oxygen atoms in total. The summed E-state index contributed by atoms with van der Waals surface area (Å²) in [5.74, 6) is -2.62. The van der Waals surface area contributed by atoms with Crippen LogP contribution in [0.1, 0.15) is 15.9 Å². The van der Waals surface area contributed by atoms with E-state index in [1.807, 2.05) is 13.2 Å². The summed E-state index contributed by atoms with van der Waals surface area (Å²) in [4.78, 5) is 14.2. The van der Waals surface area contributed by atoms with E-state index in [2.05, 4.69) is 5.10 Å². The number of carbonyl (C=O) groups is 1. The van der Waals surface area contributed by atoms with E-state index in [1.165, 1.54) is 12.1 Å². The smallest absolute Gasteiger partial charge is 0.288 e. The zero-order valence-corrected chi connectivity index (χ0v) is 12.5. The Hall–Kier alpha value is -1.89. The second kappa shape index (κ2) is 6.71. The van der Waals surface area contributed by atoms with Gasteiger partial charge in [-0.3, -0.25) is 9.48 Å². The van der Waals surface area contributed by atoms with Crippen LogP contribution in [0, 0.1) is 0 Å². The van der Waals surface area contributed by atoms with Gasteiger partial charge in [0, 0.05) is 42.9 Å². The Morgan fingerprint density at radius 1 is 1.38 bits per heavy atom. The first-order valence-corrected chi connectivity index (χ1v) is 7.11. The fraction of sp³-hybridized carbons (Fsp3) is 0.286. The Balaban J connectivity index is 2.01. The van der Waals surface area contributed by atoms with Crippen molar-refractivity contribution in [3.63, 3.8) is 0 Å². The molecule has 0 fully saturated rings. The molecule has 112 valence electrons. The quantitative estimate of drug-likeness (QED) is 0.797. The zero-order valence-electron chi connectivity index (χ0n) is 11.7. The van der Waals surface area contributed by atoms with Crippen LogP contribution >= 0.6 is 11.8 Å². The number of hydrogen-bond donors (Lipinski definition) is 0. The minimum Gasteiger partial charge on any atom is -0.337 e. The maximum absolute atomic E-state index is 12.2. The predicted molar refractivity (Wildman–Crippen MR) is 77.3 cm³/mol. The van der Waals surface area contributed by atoms with Crippen molar-refractivity contribution in [1.82, 2.24) is 14.7 Å². The topological polar surface area (TPSA) is 38.1 Å². The Morgan fingerprint density at radius 3 is 2.57 bits per heavy atom. The summed E-state index contributed by atoms with van der Waals surface area (Å²) in [6.45, 7) is 0.445. The molecule has 1 aromatic heterocycles. The van der Waals surface area contributed by atoms with E-state index < -0.39 is 5.76 Å². The SMILES string of the molecule is CN(Cc1cnn(C)c1)C(=O)c1ccc(SC(F)F)cc1. The van der Waals surface area contributed by atoms with Gasteiger partial charge >= 0.3 is 0 Å². The van der Waals surface area contributed by atoms with Gasteiger partial charge in [-0.2, -0.15) is 13.9 Å². The molecular weight excluding hydrogens is 296 g/mol. The number of benzene rings is 1. The lowest BCUT2D eigenvalue weighted by Gasteiger charge is -2.16. The van der Waals surface area contributed by atoms with Crippen molar-refractivity contribution in [2.24, 2.45) is 7.05 Å². The Labute approximate surface area is 125 Å². The van der Waals surface area contributed by atoms with E-state index in [0.29, 0.717) is 28.8 Å². The number of aryl methyl sites for hydroxylation is 1. The number of nitrogens with zero attached hydrogens (tertiary/aromatic N) is 3. The maximum Gasteiger partial charge on any atom is 0.288 e. The average molecular weight is 311 g/mol. The summed E-state index contributed by atoms with van der Waals surface area (Å²) in [5.41, 5.74) is 1.40. The van der Waals surface area contributed by atoms with Crippen molar-refractivity contribution in [2.45, 2.75) is 17.2 Å². The van der Waals surface area contributed by atoms with Gasteiger partial charge in [-0.15, -0.1) is 0 Å². The Bertz CT molecular complexity index is 613. The molecule has 0 bridgehead atoms. The molecule has 2 rings (SSSR count). The zero-order chi connectivity index (χ0) is 15.4. The van der Waals surface area contributed by atoms with E-state index in [-0.39, 0.29) is 5.91 Å². The first-order chi connectivity index (χ1) is 9.95. The highest BCUT2D eigenvalue weighted by atomic mass is 32.2. The van der Waals surface area contributed by atoms with Gasteiger partial charge in [0.05, 0.1) is 6.20 Å².